The summed E-state index contributed by atoms with van der Waals surface area (Å²) in [6.07, 6.45) is 0. The number of halogens is 1. The zero-order chi connectivity index (χ0) is 18.8. The number of benzene rings is 1. The van der Waals surface area contributed by atoms with Crippen molar-refractivity contribution in [2.45, 2.75) is 25.3 Å². The minimum absolute atomic E-state index is 0.00219. The van der Waals surface area contributed by atoms with Crippen molar-refractivity contribution in [3.05, 3.63) is 46.2 Å². The molecule has 0 aliphatic heterocycles. The number of aromatic nitrogens is 2. The Balaban J connectivity index is 2.33. The normalized spacial score (nSPS) is 11.2. The van der Waals surface area contributed by atoms with Crippen molar-refractivity contribution < 1.29 is 22.7 Å². The second kappa shape index (κ2) is 7.24. The summed E-state index contributed by atoms with van der Waals surface area (Å²) < 4.78 is 32.6. The molecule has 8 nitrogen and oxygen atoms in total. The summed E-state index contributed by atoms with van der Waals surface area (Å²) in [6.45, 7) is 2.91. The van der Waals surface area contributed by atoms with Crippen molar-refractivity contribution in [3.8, 4) is 0 Å². The maximum absolute atomic E-state index is 12.5. The first-order chi connectivity index (χ1) is 11.7. The van der Waals surface area contributed by atoms with Gasteiger partial charge in [0.15, 0.2) is 0 Å². The Kier molecular flexibility index (Phi) is 5.48. The Bertz CT molecular complexity index is 937. The number of carbonyl (C=O) groups is 2. The van der Waals surface area contributed by atoms with Crippen molar-refractivity contribution in [2.24, 2.45) is 0 Å². The maximum Gasteiger partial charge on any atom is 0.327 e. The molecule has 0 radical (unpaired) electrons. The summed E-state index contributed by atoms with van der Waals surface area (Å²) in [6, 6.07) is 5.77. The van der Waals surface area contributed by atoms with Crippen molar-refractivity contribution in [3.63, 3.8) is 0 Å². The Labute approximate surface area is 149 Å². The Morgan fingerprint density at radius 2 is 1.92 bits per heavy atom. The van der Waals surface area contributed by atoms with E-state index in [0.717, 1.165) is 0 Å². The van der Waals surface area contributed by atoms with Crippen LogP contribution in [0, 0.1) is 13.8 Å². The van der Waals surface area contributed by atoms with Crippen LogP contribution in [-0.2, 0) is 26.1 Å². The largest absolute Gasteiger partial charge is 0.468 e. The molecule has 1 aromatic heterocycles. The zero-order valence-corrected chi connectivity index (χ0v) is 15.3. The number of carbonyl (C=O) groups excluding carboxylic acids is 2. The number of nitrogens with zero attached hydrogens (tertiary/aromatic N) is 2. The van der Waals surface area contributed by atoms with E-state index < -0.39 is 21.9 Å². The number of nitrogens with one attached hydrogen (secondary N) is 1. The molecule has 2 aromatic rings. The van der Waals surface area contributed by atoms with E-state index in [-0.39, 0.29) is 27.7 Å². The minimum Gasteiger partial charge on any atom is -0.468 e. The van der Waals surface area contributed by atoms with E-state index in [0.29, 0.717) is 5.69 Å². The molecule has 0 fully saturated rings. The SMILES string of the molecule is COC(=O)Cn1nc(C)c(C(=O)NS(=O)(=O)c2ccccc2Cl)c1C. The number of aryl methyl sites for hydroxylation is 1. The molecular formula is C15H16ClN3O5S. The van der Waals surface area contributed by atoms with Gasteiger partial charge in [-0.25, -0.2) is 13.1 Å². The fraction of sp³-hybridized carbons (Fsp3) is 0.267. The number of rotatable bonds is 5. The molecule has 0 bridgehead atoms. The minimum atomic E-state index is -4.15. The van der Waals surface area contributed by atoms with Gasteiger partial charge >= 0.3 is 5.97 Å². The van der Waals surface area contributed by atoms with Gasteiger partial charge in [-0.1, -0.05) is 23.7 Å². The molecule has 0 atom stereocenters. The third kappa shape index (κ3) is 3.99. The van der Waals surface area contributed by atoms with Crippen LogP contribution in [0.4, 0.5) is 0 Å². The molecule has 0 unspecified atom stereocenters. The van der Waals surface area contributed by atoms with Crippen LogP contribution in [0.1, 0.15) is 21.7 Å². The van der Waals surface area contributed by atoms with Gasteiger partial charge in [0, 0.05) is 5.69 Å². The average molecular weight is 386 g/mol. The summed E-state index contributed by atoms with van der Waals surface area (Å²) in [5.74, 6) is -1.40. The molecule has 1 amide bonds. The standard InChI is InChI=1S/C15H16ClN3O5S/c1-9-14(10(2)19(17-9)8-13(20)24-3)15(21)18-25(22,23)12-7-5-4-6-11(12)16/h4-7H,8H2,1-3H3,(H,18,21). The first-order valence-electron chi connectivity index (χ1n) is 7.10. The third-order valence-corrected chi connectivity index (χ3v) is 5.30. The predicted octanol–water partition coefficient (Wildman–Crippen LogP) is 1.45. The average Bonchev–Trinajstić information content (AvgIpc) is 2.80. The second-order valence-corrected chi connectivity index (χ2v) is 7.20. The summed E-state index contributed by atoms with van der Waals surface area (Å²) >= 11 is 5.88. The fourth-order valence-electron chi connectivity index (χ4n) is 2.26. The van der Waals surface area contributed by atoms with Crippen molar-refractivity contribution in [1.82, 2.24) is 14.5 Å². The summed E-state index contributed by atoms with van der Waals surface area (Å²) in [5, 5.41) is 4.07. The smallest absolute Gasteiger partial charge is 0.327 e. The van der Waals surface area contributed by atoms with Gasteiger partial charge in [-0.2, -0.15) is 5.10 Å². The van der Waals surface area contributed by atoms with Gasteiger partial charge in [0.25, 0.3) is 15.9 Å². The molecule has 134 valence electrons. The van der Waals surface area contributed by atoms with Crippen molar-refractivity contribution >= 4 is 33.5 Å². The predicted molar refractivity (Wildman–Crippen MR) is 89.8 cm³/mol. The van der Waals surface area contributed by atoms with Gasteiger partial charge in [0.2, 0.25) is 0 Å². The topological polar surface area (TPSA) is 107 Å². The quantitative estimate of drug-likeness (QED) is 0.780. The van der Waals surface area contributed by atoms with Gasteiger partial charge < -0.3 is 4.74 Å². The first-order valence-corrected chi connectivity index (χ1v) is 8.96. The van der Waals surface area contributed by atoms with Crippen LogP contribution in [0.2, 0.25) is 5.02 Å². The Morgan fingerprint density at radius 1 is 1.28 bits per heavy atom. The van der Waals surface area contributed by atoms with E-state index in [1.54, 1.807) is 13.0 Å². The highest BCUT2D eigenvalue weighted by atomic mass is 35.5. The van der Waals surface area contributed by atoms with E-state index >= 15 is 0 Å². The van der Waals surface area contributed by atoms with Gasteiger partial charge in [-0.15, -0.1) is 0 Å². The van der Waals surface area contributed by atoms with Crippen LogP contribution in [0.15, 0.2) is 29.2 Å². The highest BCUT2D eigenvalue weighted by Gasteiger charge is 2.26. The van der Waals surface area contributed by atoms with E-state index in [1.165, 1.54) is 36.9 Å². The van der Waals surface area contributed by atoms with E-state index in [4.69, 9.17) is 11.6 Å². The lowest BCUT2D eigenvalue weighted by Gasteiger charge is -2.09. The van der Waals surface area contributed by atoms with Crippen LogP contribution in [0.5, 0.6) is 0 Å². The summed E-state index contributed by atoms with van der Waals surface area (Å²) in [5.41, 5.74) is 0.697. The fourth-order valence-corrected chi connectivity index (χ4v) is 3.74. The Hall–Kier alpha value is -2.39. The van der Waals surface area contributed by atoms with Gasteiger partial charge in [0.1, 0.15) is 11.4 Å². The monoisotopic (exact) mass is 385 g/mol. The maximum atomic E-state index is 12.5. The van der Waals surface area contributed by atoms with Crippen molar-refractivity contribution in [1.29, 1.82) is 0 Å². The number of esters is 1. The molecule has 0 aliphatic carbocycles. The number of sulfonamides is 1. The second-order valence-electron chi connectivity index (χ2n) is 5.14. The first kappa shape index (κ1) is 18.9. The highest BCUT2D eigenvalue weighted by Crippen LogP contribution is 2.21. The molecule has 25 heavy (non-hydrogen) atoms. The summed E-state index contributed by atoms with van der Waals surface area (Å²) in [4.78, 5) is 23.6. The van der Waals surface area contributed by atoms with Gasteiger partial charge in [-0.3, -0.25) is 14.3 Å². The van der Waals surface area contributed by atoms with E-state index in [2.05, 4.69) is 9.84 Å². The summed E-state index contributed by atoms with van der Waals surface area (Å²) in [7, 11) is -2.92. The molecule has 0 aliphatic rings. The van der Waals surface area contributed by atoms with E-state index in [9.17, 15) is 18.0 Å². The molecule has 0 saturated heterocycles. The molecule has 10 heteroatoms. The van der Waals surface area contributed by atoms with Crippen LogP contribution in [0.25, 0.3) is 0 Å². The van der Waals surface area contributed by atoms with Crippen LogP contribution in [-0.4, -0.2) is 37.2 Å². The van der Waals surface area contributed by atoms with Gasteiger partial charge in [0.05, 0.1) is 23.4 Å². The molecular weight excluding hydrogens is 370 g/mol. The van der Waals surface area contributed by atoms with E-state index in [1.807, 2.05) is 4.72 Å². The molecule has 1 aromatic carbocycles. The van der Waals surface area contributed by atoms with Crippen LogP contribution in [0.3, 0.4) is 0 Å². The number of hydrogen-bond donors (Lipinski definition) is 1. The lowest BCUT2D eigenvalue weighted by atomic mass is 10.2. The van der Waals surface area contributed by atoms with Crippen molar-refractivity contribution in [2.75, 3.05) is 7.11 Å². The number of ether oxygens (including phenoxy) is 1. The number of hydrogen-bond acceptors (Lipinski definition) is 6. The molecule has 0 saturated carbocycles. The lowest BCUT2D eigenvalue weighted by Crippen LogP contribution is -2.31. The molecule has 0 spiro atoms. The Morgan fingerprint density at radius 3 is 2.52 bits per heavy atom. The van der Waals surface area contributed by atoms with Gasteiger partial charge in [-0.05, 0) is 26.0 Å². The number of methoxy groups -OCH3 is 1. The zero-order valence-electron chi connectivity index (χ0n) is 13.7. The van der Waals surface area contributed by atoms with Crippen LogP contribution < -0.4 is 4.72 Å². The van der Waals surface area contributed by atoms with Crippen LogP contribution >= 0.6 is 11.6 Å². The molecule has 2 rings (SSSR count). The number of amides is 1. The molecule has 1 heterocycles. The lowest BCUT2D eigenvalue weighted by molar-refractivity contribution is -0.141. The molecule has 1 N–H and O–H groups in total. The third-order valence-electron chi connectivity index (χ3n) is 3.47. The highest BCUT2D eigenvalue weighted by molar-refractivity contribution is 7.90.